The molecule has 2 fully saturated rings. The molecule has 2 rings (SSSR count). The van der Waals surface area contributed by atoms with E-state index in [0.29, 0.717) is 0 Å². The summed E-state index contributed by atoms with van der Waals surface area (Å²) in [6, 6.07) is 0. The van der Waals surface area contributed by atoms with Gasteiger partial charge in [0.25, 0.3) is 0 Å². The van der Waals surface area contributed by atoms with Crippen molar-refractivity contribution < 1.29 is 16.1 Å². The van der Waals surface area contributed by atoms with Crippen LogP contribution >= 0.6 is 45.4 Å². The summed E-state index contributed by atoms with van der Waals surface area (Å²) in [5, 5.41) is 4.72. The molecule has 24 heavy (non-hydrogen) atoms. The van der Waals surface area contributed by atoms with Crippen LogP contribution in [-0.4, -0.2) is 43.5 Å². The minimum absolute atomic E-state index is 0.127. The molecule has 146 valence electrons. The maximum atomic E-state index is 7.75. The Hall–Kier alpha value is 1.97. The molecule has 2 saturated carbocycles. The number of hydrogen-bond acceptors (Lipinski definition) is 1. The zero-order valence-electron chi connectivity index (χ0n) is 14.7. The fraction of sp³-hybridized carbons (Fsp3) is 0.941. The standard InChI is InChI=1S/C16H32NP2.CHO.2BrH.Fe/c18-13-11-17-12-14-19(15-7-3-1-4-8-15)16-9-5-2-6-10-16;1-2;;;/h15-16H,1-14,18H2;1H;2*1H;/q2*-1;;;+2/p-1. The molecule has 7 heteroatoms. The van der Waals surface area contributed by atoms with Crippen molar-refractivity contribution >= 4 is 52.2 Å². The van der Waals surface area contributed by atoms with Crippen LogP contribution in [0.5, 0.6) is 0 Å². The summed E-state index contributed by atoms with van der Waals surface area (Å²) in [6.45, 7) is 5.49. The molecule has 0 aromatic carbocycles. The molecule has 0 radical (unpaired) electrons. The van der Waals surface area contributed by atoms with Gasteiger partial charge in [0.05, 0.1) is 11.3 Å². The van der Waals surface area contributed by atoms with E-state index >= 15 is 0 Å². The molecule has 2 aliphatic carbocycles. The third-order valence-electron chi connectivity index (χ3n) is 5.10. The Morgan fingerprint density at radius 1 is 0.917 bits per heavy atom. The first kappa shape index (κ1) is 26.0. The molecule has 0 aromatic rings. The van der Waals surface area contributed by atoms with Crippen molar-refractivity contribution in [2.24, 2.45) is 0 Å². The number of rotatable bonds is 7. The van der Waals surface area contributed by atoms with Crippen LogP contribution in [0.3, 0.4) is 0 Å². The van der Waals surface area contributed by atoms with Crippen molar-refractivity contribution in [1.29, 1.82) is 0 Å². The van der Waals surface area contributed by atoms with Crippen LogP contribution < -0.4 is 0 Å². The van der Waals surface area contributed by atoms with Crippen LogP contribution in [0.25, 0.3) is 5.32 Å². The maximum absolute atomic E-state index is 7.75. The van der Waals surface area contributed by atoms with E-state index in [9.17, 15) is 0 Å². The Morgan fingerprint density at radius 3 is 1.71 bits per heavy atom. The van der Waals surface area contributed by atoms with Gasteiger partial charge in [0.2, 0.25) is 0 Å². The van der Waals surface area contributed by atoms with Crippen LogP contribution in [0, 0.1) is 0 Å². The molecule has 0 amide bonds. The van der Waals surface area contributed by atoms with Crippen molar-refractivity contribution in [1.82, 2.24) is 0 Å². The number of halogens is 2. The zero-order valence-corrected chi connectivity index (χ0v) is 21.1. The van der Waals surface area contributed by atoms with E-state index in [2.05, 4.69) is 44.2 Å². The van der Waals surface area contributed by atoms with Gasteiger partial charge in [-0.15, -0.1) is 22.3 Å². The third kappa shape index (κ3) is 12.4. The summed E-state index contributed by atoms with van der Waals surface area (Å²) in [5.74, 6) is 0. The zero-order chi connectivity index (χ0) is 18.0. The smallest absolute Gasteiger partial charge is 0.282 e. The van der Waals surface area contributed by atoms with Crippen LogP contribution in [0.2, 0.25) is 0 Å². The first-order chi connectivity index (χ1) is 11.8. The summed E-state index contributed by atoms with van der Waals surface area (Å²) < 4.78 is 0. The first-order valence-corrected chi connectivity index (χ1v) is 17.2. The van der Waals surface area contributed by atoms with Crippen molar-refractivity contribution in [2.75, 3.05) is 25.4 Å². The number of hydrogen-bond donors (Lipinski definition) is 0. The topological polar surface area (TPSA) is 31.2 Å². The molecule has 2 nitrogen and oxygen atoms in total. The second kappa shape index (κ2) is 19.7. The molecular weight excluding hydrogens is 512 g/mol. The van der Waals surface area contributed by atoms with Gasteiger partial charge in [-0.1, -0.05) is 19.0 Å². The fourth-order valence-corrected chi connectivity index (χ4v) is 8.48. The third-order valence-corrected chi connectivity index (χ3v) is 9.42. The Labute approximate surface area is 173 Å². The van der Waals surface area contributed by atoms with Gasteiger partial charge in [-0.3, -0.25) is 6.79 Å². The summed E-state index contributed by atoms with van der Waals surface area (Å²) >= 11 is 7.00. The first-order valence-electron chi connectivity index (χ1n) is 9.11. The largest absolute Gasteiger partial charge is 0.545 e. The molecule has 0 heterocycles. The average molecular weight is 546 g/mol. The normalized spacial score (nSPS) is 19.3. The van der Waals surface area contributed by atoms with E-state index in [1.165, 1.54) is 51.2 Å². The number of carbonyl (C=O) groups excluding carboxylic acids is 1. The molecule has 0 aromatic heterocycles. The van der Waals surface area contributed by atoms with Crippen LogP contribution in [0.1, 0.15) is 64.2 Å². The monoisotopic (exact) mass is 544 g/mol. The molecule has 1 unspecified atom stereocenters. The predicted octanol–water partition coefficient (Wildman–Crippen LogP) is 6.53. The quantitative estimate of drug-likeness (QED) is 0.118. The number of nitrogens with zero attached hydrogens (tertiary/aromatic N) is 1. The molecule has 0 N–H and O–H groups in total. The molecule has 0 spiro atoms. The Morgan fingerprint density at radius 2 is 1.33 bits per heavy atom. The molecule has 0 aliphatic heterocycles. The van der Waals surface area contributed by atoms with Crippen LogP contribution in [0.15, 0.2) is 0 Å². The van der Waals surface area contributed by atoms with Gasteiger partial charge in [-0.2, -0.15) is 0 Å². The van der Waals surface area contributed by atoms with E-state index < -0.39 is 0 Å². The predicted molar refractivity (Wildman–Crippen MR) is 119 cm³/mol. The Balaban J connectivity index is 0.000000952. The van der Waals surface area contributed by atoms with Gasteiger partial charge in [0, 0.05) is 14.1 Å². The van der Waals surface area contributed by atoms with Gasteiger partial charge in [0.1, 0.15) is 0 Å². The molecule has 2 aliphatic rings. The molecule has 0 saturated heterocycles. The van der Waals surface area contributed by atoms with Gasteiger partial charge < -0.3 is 10.1 Å². The van der Waals surface area contributed by atoms with Crippen LogP contribution in [-0.2, 0) is 16.1 Å². The molecular formula is C17H34Br2FeNOP2-. The second-order valence-corrected chi connectivity index (χ2v) is 15.9. The van der Waals surface area contributed by atoms with Crippen molar-refractivity contribution in [3.63, 3.8) is 0 Å². The average Bonchev–Trinajstić information content (AvgIpc) is 2.66. The van der Waals surface area contributed by atoms with Gasteiger partial charge in [-0.05, 0) is 51.4 Å². The van der Waals surface area contributed by atoms with Crippen molar-refractivity contribution in [3.05, 3.63) is 5.32 Å². The van der Waals surface area contributed by atoms with E-state index in [1.807, 2.05) is 0 Å². The van der Waals surface area contributed by atoms with E-state index in [-0.39, 0.29) is 7.92 Å². The summed E-state index contributed by atoms with van der Waals surface area (Å²) in [6.07, 6.45) is 18.0. The Kier molecular flexibility index (Phi) is 21.3. The van der Waals surface area contributed by atoms with E-state index in [0.717, 1.165) is 35.4 Å². The van der Waals surface area contributed by atoms with E-state index in [4.69, 9.17) is 10.1 Å². The maximum Gasteiger partial charge on any atom is -0.282 e. The molecule has 1 atom stereocenters. The second-order valence-electron chi connectivity index (χ2n) is 6.50. The van der Waals surface area contributed by atoms with Crippen molar-refractivity contribution in [2.45, 2.75) is 75.5 Å². The van der Waals surface area contributed by atoms with Crippen molar-refractivity contribution in [3.8, 4) is 0 Å². The van der Waals surface area contributed by atoms with E-state index in [1.54, 1.807) is 25.7 Å². The minimum atomic E-state index is -0.127. The van der Waals surface area contributed by atoms with Gasteiger partial charge >= 0.3 is 39.6 Å². The summed E-state index contributed by atoms with van der Waals surface area (Å²) in [7, 11) is 2.67. The van der Waals surface area contributed by atoms with Gasteiger partial charge in [0.15, 0.2) is 0 Å². The fourth-order valence-electron chi connectivity index (χ4n) is 4.10. The van der Waals surface area contributed by atoms with Crippen LogP contribution in [0.4, 0.5) is 0 Å². The SMILES string of the molecule is PCC[N-]CC[PH+](C1CCCCC1)C1CCCCC1.[Br][Fe][Br].[CH-]=O. The molecule has 0 bridgehead atoms. The van der Waals surface area contributed by atoms with Gasteiger partial charge in [-0.25, -0.2) is 0 Å². The summed E-state index contributed by atoms with van der Waals surface area (Å²) in [4.78, 5) is 7.75. The summed E-state index contributed by atoms with van der Waals surface area (Å²) in [5.41, 5.74) is 2.29. The Bertz CT molecular complexity index is 251. The minimum Gasteiger partial charge on any atom is -0.545 e.